The van der Waals surface area contributed by atoms with Crippen molar-refractivity contribution in [1.82, 2.24) is 15.5 Å². The maximum Gasteiger partial charge on any atom is 0.227 e. The van der Waals surface area contributed by atoms with Gasteiger partial charge in [-0.25, -0.2) is 0 Å². The molecule has 128 valence electrons. The van der Waals surface area contributed by atoms with E-state index in [0.717, 1.165) is 16.5 Å². The summed E-state index contributed by atoms with van der Waals surface area (Å²) >= 11 is 6.20. The highest BCUT2D eigenvalue weighted by Crippen LogP contribution is 2.17. The highest BCUT2D eigenvalue weighted by molar-refractivity contribution is 6.31. The van der Waals surface area contributed by atoms with E-state index in [1.54, 1.807) is 7.05 Å². The summed E-state index contributed by atoms with van der Waals surface area (Å²) in [5.74, 6) is 0.749. The fraction of sp³-hybridized carbons (Fsp3) is 0.529. The number of nitrogens with one attached hydrogen (secondary N) is 2. The highest BCUT2D eigenvalue weighted by atomic mass is 35.5. The maximum atomic E-state index is 12.0. The van der Waals surface area contributed by atoms with E-state index < -0.39 is 5.41 Å². The van der Waals surface area contributed by atoms with Crippen molar-refractivity contribution < 1.29 is 4.79 Å². The molecule has 0 unspecified atom stereocenters. The van der Waals surface area contributed by atoms with Gasteiger partial charge in [0.2, 0.25) is 5.91 Å². The normalized spacial score (nSPS) is 12.0. The Bertz CT molecular complexity index is 557. The highest BCUT2D eigenvalue weighted by Gasteiger charge is 2.27. The Kier molecular flexibility index (Phi) is 7.36. The van der Waals surface area contributed by atoms with Crippen molar-refractivity contribution in [2.45, 2.75) is 27.3 Å². The van der Waals surface area contributed by atoms with E-state index in [9.17, 15) is 4.79 Å². The Morgan fingerprint density at radius 3 is 2.52 bits per heavy atom. The van der Waals surface area contributed by atoms with Crippen LogP contribution < -0.4 is 10.6 Å². The first-order chi connectivity index (χ1) is 10.8. The number of hydrogen-bond donors (Lipinski definition) is 2. The summed E-state index contributed by atoms with van der Waals surface area (Å²) in [6, 6.07) is 7.74. The van der Waals surface area contributed by atoms with Gasteiger partial charge in [0, 0.05) is 38.8 Å². The predicted molar refractivity (Wildman–Crippen MR) is 96.7 cm³/mol. The van der Waals surface area contributed by atoms with Gasteiger partial charge in [-0.3, -0.25) is 9.79 Å². The maximum absolute atomic E-state index is 12.0. The van der Waals surface area contributed by atoms with Gasteiger partial charge < -0.3 is 15.5 Å². The van der Waals surface area contributed by atoms with E-state index in [1.165, 1.54) is 0 Å². The number of hydrogen-bond acceptors (Lipinski definition) is 2. The SMILES string of the molecule is CCNC(=O)C(C)(C)CNC(=NC)N(C)Cc1ccccc1Cl. The Morgan fingerprint density at radius 2 is 1.96 bits per heavy atom. The molecule has 5 nitrogen and oxygen atoms in total. The first-order valence-electron chi connectivity index (χ1n) is 7.75. The number of amides is 1. The second-order valence-corrected chi connectivity index (χ2v) is 6.50. The molecule has 0 aromatic heterocycles. The first kappa shape index (κ1) is 19.3. The third-order valence-corrected chi connectivity index (χ3v) is 3.95. The molecule has 0 heterocycles. The lowest BCUT2D eigenvalue weighted by Crippen LogP contribution is -2.48. The Labute approximate surface area is 144 Å². The van der Waals surface area contributed by atoms with Crippen LogP contribution in [-0.4, -0.2) is 44.0 Å². The van der Waals surface area contributed by atoms with Crippen molar-refractivity contribution in [3.8, 4) is 0 Å². The molecule has 0 aliphatic rings. The molecular formula is C17H27ClN4O. The van der Waals surface area contributed by atoms with E-state index in [2.05, 4.69) is 15.6 Å². The molecule has 0 radical (unpaired) electrons. The Morgan fingerprint density at radius 1 is 1.30 bits per heavy atom. The van der Waals surface area contributed by atoms with E-state index in [0.29, 0.717) is 19.6 Å². The lowest BCUT2D eigenvalue weighted by molar-refractivity contribution is -0.128. The lowest BCUT2D eigenvalue weighted by Gasteiger charge is -2.28. The molecule has 0 saturated heterocycles. The monoisotopic (exact) mass is 338 g/mol. The van der Waals surface area contributed by atoms with Crippen LogP contribution in [0.1, 0.15) is 26.3 Å². The molecule has 1 aromatic carbocycles. The van der Waals surface area contributed by atoms with Crippen LogP contribution in [0.5, 0.6) is 0 Å². The summed E-state index contributed by atoms with van der Waals surface area (Å²) in [7, 11) is 3.67. The van der Waals surface area contributed by atoms with Crippen molar-refractivity contribution in [3.05, 3.63) is 34.9 Å². The van der Waals surface area contributed by atoms with E-state index >= 15 is 0 Å². The number of halogens is 1. The molecule has 1 amide bonds. The third-order valence-electron chi connectivity index (χ3n) is 3.58. The van der Waals surface area contributed by atoms with Crippen LogP contribution in [-0.2, 0) is 11.3 Å². The lowest BCUT2D eigenvalue weighted by atomic mass is 9.92. The standard InChI is InChI=1S/C17H27ClN4O/c1-6-20-15(23)17(2,3)12-21-16(19-4)22(5)11-13-9-7-8-10-14(13)18/h7-10H,6,11-12H2,1-5H3,(H,19,21)(H,20,23). The fourth-order valence-electron chi connectivity index (χ4n) is 2.12. The van der Waals surface area contributed by atoms with E-state index in [4.69, 9.17) is 11.6 Å². The van der Waals surface area contributed by atoms with Crippen LogP contribution >= 0.6 is 11.6 Å². The number of carbonyl (C=O) groups is 1. The molecule has 2 N–H and O–H groups in total. The zero-order chi connectivity index (χ0) is 17.5. The Balaban J connectivity index is 2.67. The van der Waals surface area contributed by atoms with Gasteiger partial charge in [-0.15, -0.1) is 0 Å². The molecule has 0 aliphatic heterocycles. The van der Waals surface area contributed by atoms with Crippen molar-refractivity contribution >= 4 is 23.5 Å². The zero-order valence-electron chi connectivity index (χ0n) is 14.6. The number of rotatable bonds is 6. The van der Waals surface area contributed by atoms with Gasteiger partial charge in [-0.2, -0.15) is 0 Å². The summed E-state index contributed by atoms with van der Waals surface area (Å²) in [6.07, 6.45) is 0. The van der Waals surface area contributed by atoms with E-state index in [-0.39, 0.29) is 5.91 Å². The third kappa shape index (κ3) is 5.75. The molecule has 0 aliphatic carbocycles. The number of benzene rings is 1. The minimum atomic E-state index is -0.517. The Hall–Kier alpha value is -1.75. The second kappa shape index (κ2) is 8.77. The van der Waals surface area contributed by atoms with Crippen LogP contribution in [0.4, 0.5) is 0 Å². The largest absolute Gasteiger partial charge is 0.356 e. The second-order valence-electron chi connectivity index (χ2n) is 6.09. The summed E-state index contributed by atoms with van der Waals surface area (Å²) in [5.41, 5.74) is 0.514. The number of guanidine groups is 1. The summed E-state index contributed by atoms with van der Waals surface area (Å²) in [4.78, 5) is 18.3. The fourth-order valence-corrected chi connectivity index (χ4v) is 2.32. The number of aliphatic imine (C=N–C) groups is 1. The zero-order valence-corrected chi connectivity index (χ0v) is 15.4. The van der Waals surface area contributed by atoms with E-state index in [1.807, 2.05) is 57.0 Å². The first-order valence-corrected chi connectivity index (χ1v) is 8.13. The van der Waals surface area contributed by atoms with Crippen molar-refractivity contribution in [2.24, 2.45) is 10.4 Å². The van der Waals surface area contributed by atoms with Gasteiger partial charge in [0.15, 0.2) is 5.96 Å². The molecule has 0 fully saturated rings. The van der Waals surface area contributed by atoms with Crippen molar-refractivity contribution in [2.75, 3.05) is 27.2 Å². The topological polar surface area (TPSA) is 56.7 Å². The summed E-state index contributed by atoms with van der Waals surface area (Å²) in [5, 5.41) is 6.85. The molecule has 23 heavy (non-hydrogen) atoms. The molecule has 6 heteroatoms. The molecular weight excluding hydrogens is 312 g/mol. The van der Waals surface area contributed by atoms with Crippen LogP contribution in [0, 0.1) is 5.41 Å². The minimum Gasteiger partial charge on any atom is -0.356 e. The molecule has 1 rings (SSSR count). The van der Waals surface area contributed by atoms with Gasteiger partial charge in [0.05, 0.1) is 5.41 Å². The van der Waals surface area contributed by atoms with Crippen LogP contribution in [0.2, 0.25) is 5.02 Å². The van der Waals surface area contributed by atoms with Crippen LogP contribution in [0.3, 0.4) is 0 Å². The summed E-state index contributed by atoms with van der Waals surface area (Å²) < 4.78 is 0. The average Bonchev–Trinajstić information content (AvgIpc) is 2.50. The van der Waals surface area contributed by atoms with Crippen molar-refractivity contribution in [3.63, 3.8) is 0 Å². The van der Waals surface area contributed by atoms with Gasteiger partial charge in [-0.1, -0.05) is 29.8 Å². The minimum absolute atomic E-state index is 0.0247. The quantitative estimate of drug-likeness (QED) is 0.619. The molecule has 0 atom stereocenters. The summed E-state index contributed by atoms with van der Waals surface area (Å²) in [6.45, 7) is 7.50. The van der Waals surface area contributed by atoms with Gasteiger partial charge in [-0.05, 0) is 32.4 Å². The van der Waals surface area contributed by atoms with Gasteiger partial charge in [0.25, 0.3) is 0 Å². The van der Waals surface area contributed by atoms with Crippen LogP contribution in [0.15, 0.2) is 29.3 Å². The molecule has 0 bridgehead atoms. The average molecular weight is 339 g/mol. The predicted octanol–water partition coefficient (Wildman–Crippen LogP) is 2.51. The number of nitrogens with zero attached hydrogens (tertiary/aromatic N) is 2. The molecule has 0 saturated carbocycles. The van der Waals surface area contributed by atoms with Gasteiger partial charge in [0.1, 0.15) is 0 Å². The number of carbonyl (C=O) groups excluding carboxylic acids is 1. The van der Waals surface area contributed by atoms with Crippen molar-refractivity contribution in [1.29, 1.82) is 0 Å². The molecule has 1 aromatic rings. The van der Waals surface area contributed by atoms with Crippen LogP contribution in [0.25, 0.3) is 0 Å². The molecule has 0 spiro atoms. The van der Waals surface area contributed by atoms with Gasteiger partial charge >= 0.3 is 0 Å². The smallest absolute Gasteiger partial charge is 0.227 e.